The Morgan fingerprint density at radius 2 is 1.42 bits per heavy atom. The molecule has 0 saturated carbocycles. The van der Waals surface area contributed by atoms with Crippen LogP contribution >= 0.6 is 0 Å². The van der Waals surface area contributed by atoms with E-state index in [4.69, 9.17) is 14.4 Å². The molecular formula is C45H37IrN3O-2. The van der Waals surface area contributed by atoms with Gasteiger partial charge in [-0.2, -0.15) is 0 Å². The number of benzene rings is 4. The molecule has 4 nitrogen and oxygen atoms in total. The molecule has 5 heteroatoms. The molecule has 0 aliphatic heterocycles. The molecule has 0 bridgehead atoms. The van der Waals surface area contributed by atoms with E-state index in [2.05, 4.69) is 131 Å². The summed E-state index contributed by atoms with van der Waals surface area (Å²) in [7, 11) is 0. The van der Waals surface area contributed by atoms with Crippen molar-refractivity contribution in [2.75, 3.05) is 0 Å². The Bertz CT molecular complexity index is 2380. The summed E-state index contributed by atoms with van der Waals surface area (Å²) in [4.78, 5) is 14.0. The number of rotatable bonds is 5. The Hall–Kier alpha value is -5.22. The maximum absolute atomic E-state index is 6.29. The molecule has 0 aliphatic rings. The molecule has 4 aromatic carbocycles. The third-order valence-electron chi connectivity index (χ3n) is 8.99. The van der Waals surface area contributed by atoms with Crippen LogP contribution in [0.5, 0.6) is 0 Å². The molecule has 0 spiro atoms. The van der Waals surface area contributed by atoms with E-state index in [0.29, 0.717) is 5.71 Å². The second kappa shape index (κ2) is 15.1. The maximum atomic E-state index is 6.29. The zero-order valence-electron chi connectivity index (χ0n) is 28.8. The fraction of sp³-hybridized carbons (Fsp3) is 0.133. The summed E-state index contributed by atoms with van der Waals surface area (Å²) in [5, 5.41) is 2.04. The smallest absolute Gasteiger partial charge is 0.216 e. The molecule has 8 aromatic rings. The Balaban J connectivity index is 0.000000227. The molecule has 249 valence electrons. The van der Waals surface area contributed by atoms with Crippen molar-refractivity contribution in [2.24, 2.45) is 0 Å². The van der Waals surface area contributed by atoms with E-state index >= 15 is 0 Å². The summed E-state index contributed by atoms with van der Waals surface area (Å²) < 4.78 is 6.29. The summed E-state index contributed by atoms with van der Waals surface area (Å²) in [6.07, 6.45) is 4.63. The van der Waals surface area contributed by atoms with Gasteiger partial charge in [-0.3, -0.25) is 0 Å². The minimum atomic E-state index is 0. The molecule has 0 atom stereocenters. The van der Waals surface area contributed by atoms with Crippen LogP contribution in [0.15, 0.2) is 126 Å². The van der Waals surface area contributed by atoms with Crippen LogP contribution < -0.4 is 0 Å². The Morgan fingerprint density at radius 3 is 2.12 bits per heavy atom. The summed E-state index contributed by atoms with van der Waals surface area (Å²) in [6.45, 7) is 10.5. The van der Waals surface area contributed by atoms with E-state index < -0.39 is 0 Å². The van der Waals surface area contributed by atoms with E-state index in [1.807, 2.05) is 42.7 Å². The first-order valence-corrected chi connectivity index (χ1v) is 16.6. The average molecular weight is 828 g/mol. The molecule has 0 fully saturated rings. The van der Waals surface area contributed by atoms with Crippen molar-refractivity contribution in [3.63, 3.8) is 0 Å². The van der Waals surface area contributed by atoms with Crippen LogP contribution in [-0.4, -0.2) is 15.0 Å². The first-order chi connectivity index (χ1) is 23.8. The van der Waals surface area contributed by atoms with Gasteiger partial charge in [-0.25, -0.2) is 4.98 Å². The Labute approximate surface area is 307 Å². The van der Waals surface area contributed by atoms with E-state index in [-0.39, 0.29) is 20.1 Å². The molecule has 4 aromatic heterocycles. The van der Waals surface area contributed by atoms with Gasteiger partial charge >= 0.3 is 0 Å². The number of fused-ring (bicyclic) bond motifs is 3. The fourth-order valence-corrected chi connectivity index (χ4v) is 6.15. The van der Waals surface area contributed by atoms with Crippen LogP contribution in [-0.2, 0) is 26.5 Å². The van der Waals surface area contributed by atoms with Crippen molar-refractivity contribution in [3.8, 4) is 33.6 Å². The Kier molecular flexibility index (Phi) is 10.5. The first kappa shape index (κ1) is 34.6. The van der Waals surface area contributed by atoms with Crippen molar-refractivity contribution < 1.29 is 24.5 Å². The summed E-state index contributed by atoms with van der Waals surface area (Å²) >= 11 is 0. The number of furan rings is 1. The van der Waals surface area contributed by atoms with Gasteiger partial charge in [-0.15, -0.1) is 53.6 Å². The topological polar surface area (TPSA) is 51.8 Å². The van der Waals surface area contributed by atoms with Crippen LogP contribution in [0.4, 0.5) is 0 Å². The predicted molar refractivity (Wildman–Crippen MR) is 200 cm³/mol. The van der Waals surface area contributed by atoms with Gasteiger partial charge in [0, 0.05) is 50.0 Å². The second-order valence-corrected chi connectivity index (χ2v) is 12.6. The first-order valence-electron chi connectivity index (χ1n) is 16.6. The maximum Gasteiger partial charge on any atom is 0.216 e. The van der Waals surface area contributed by atoms with Crippen LogP contribution in [0.25, 0.3) is 55.7 Å². The number of hydrogen-bond donors (Lipinski definition) is 0. The summed E-state index contributed by atoms with van der Waals surface area (Å²) in [6, 6.07) is 43.9. The van der Waals surface area contributed by atoms with Gasteiger partial charge < -0.3 is 14.4 Å². The SMILES string of the molecule is Cc1c[c-]c(-c2cc(C)c(C)cn2)cc1.Cc1cccc(C)c1-c1ccc(-c2[c-]ccc3c2oc2nc(Cc4ccccc4)ccc23)nc1.[Ir]. The predicted octanol–water partition coefficient (Wildman–Crippen LogP) is 11.2. The van der Waals surface area contributed by atoms with Gasteiger partial charge in [0.1, 0.15) is 0 Å². The van der Waals surface area contributed by atoms with E-state index in [1.54, 1.807) is 0 Å². The summed E-state index contributed by atoms with van der Waals surface area (Å²) in [5.74, 6) is 0. The zero-order chi connectivity index (χ0) is 33.9. The van der Waals surface area contributed by atoms with Gasteiger partial charge in [-0.1, -0.05) is 90.2 Å². The quantitative estimate of drug-likeness (QED) is 0.162. The van der Waals surface area contributed by atoms with Gasteiger partial charge in [0.15, 0.2) is 0 Å². The van der Waals surface area contributed by atoms with E-state index in [1.165, 1.54) is 38.9 Å². The number of nitrogens with zero attached hydrogens (tertiary/aromatic N) is 3. The third kappa shape index (κ3) is 7.35. The molecule has 0 N–H and O–H groups in total. The standard InChI is InChI=1S/C31H23N2O.C14H14N.Ir/c1-20-8-6-9-21(2)29(20)23-14-17-28(32-19-23)27-13-7-12-25-26-16-15-24(33-31(26)34-30(25)27)18-22-10-4-3-5-11-22;1-10-4-6-13(7-5-10)14-8-11(2)12(3)9-15-14;/h3-12,14-17,19H,18H2,1-2H3;4-6,8-9H,1-3H3;/q2*-1;. The average Bonchev–Trinajstić information content (AvgIpc) is 3.49. The molecule has 0 unspecified atom stereocenters. The molecule has 0 amide bonds. The normalized spacial score (nSPS) is 10.8. The van der Waals surface area contributed by atoms with Gasteiger partial charge in [0.25, 0.3) is 0 Å². The van der Waals surface area contributed by atoms with Gasteiger partial charge in [0.2, 0.25) is 5.71 Å². The minimum absolute atomic E-state index is 0. The molecule has 50 heavy (non-hydrogen) atoms. The number of aryl methyl sites for hydroxylation is 5. The van der Waals surface area contributed by atoms with Gasteiger partial charge in [-0.05, 0) is 84.6 Å². The molecule has 8 rings (SSSR count). The summed E-state index contributed by atoms with van der Waals surface area (Å²) in [5.41, 5.74) is 16.0. The van der Waals surface area contributed by atoms with Crippen LogP contribution in [0.1, 0.15) is 39.1 Å². The van der Waals surface area contributed by atoms with Crippen molar-refractivity contribution in [1.29, 1.82) is 0 Å². The molecule has 4 heterocycles. The number of hydrogen-bond acceptors (Lipinski definition) is 4. The molecule has 0 aliphatic carbocycles. The van der Waals surface area contributed by atoms with E-state index in [0.717, 1.165) is 56.5 Å². The van der Waals surface area contributed by atoms with Crippen LogP contribution in [0.3, 0.4) is 0 Å². The number of pyridine rings is 3. The van der Waals surface area contributed by atoms with Crippen molar-refractivity contribution >= 4 is 22.1 Å². The van der Waals surface area contributed by atoms with Gasteiger partial charge in [0.05, 0.1) is 5.58 Å². The molecule has 1 radical (unpaired) electrons. The molecular weight excluding hydrogens is 791 g/mol. The second-order valence-electron chi connectivity index (χ2n) is 12.6. The third-order valence-corrected chi connectivity index (χ3v) is 8.99. The zero-order valence-corrected chi connectivity index (χ0v) is 31.2. The van der Waals surface area contributed by atoms with Crippen molar-refractivity contribution in [2.45, 2.75) is 41.0 Å². The monoisotopic (exact) mass is 828 g/mol. The van der Waals surface area contributed by atoms with E-state index in [9.17, 15) is 0 Å². The minimum Gasteiger partial charge on any atom is -0.486 e. The van der Waals surface area contributed by atoms with Crippen LogP contribution in [0, 0.1) is 46.8 Å². The Morgan fingerprint density at radius 1 is 0.640 bits per heavy atom. The molecule has 0 saturated heterocycles. The fourth-order valence-electron chi connectivity index (χ4n) is 6.15. The van der Waals surface area contributed by atoms with Crippen molar-refractivity contribution in [1.82, 2.24) is 15.0 Å². The number of aromatic nitrogens is 3. The van der Waals surface area contributed by atoms with Crippen LogP contribution in [0.2, 0.25) is 0 Å². The largest absolute Gasteiger partial charge is 0.486 e. The van der Waals surface area contributed by atoms with Crippen molar-refractivity contribution in [3.05, 3.63) is 173 Å².